The molecule has 0 N–H and O–H groups in total. The normalized spacial score (nSPS) is 0. The molecular weight excluding hydrogens is 159 g/mol. The van der Waals surface area contributed by atoms with E-state index in [0.717, 1.165) is 0 Å². The second-order valence-electron chi connectivity index (χ2n) is 0. The van der Waals surface area contributed by atoms with Crippen molar-refractivity contribution in [2.24, 2.45) is 0 Å². The minimum absolute atomic E-state index is 0. The van der Waals surface area contributed by atoms with Crippen LogP contribution in [0.4, 0.5) is 0 Å². The van der Waals surface area contributed by atoms with Gasteiger partial charge in [-0.2, -0.15) is 0 Å². The molecule has 0 aliphatic rings. The molecule has 0 heterocycles. The number of rotatable bonds is 0. The van der Waals surface area contributed by atoms with Crippen LogP contribution in [0.25, 0.3) is 0 Å². The number of halogens is 2. The van der Waals surface area contributed by atoms with Gasteiger partial charge in [0, 0.05) is 0 Å². The molecule has 4 heteroatoms. The summed E-state index contributed by atoms with van der Waals surface area (Å²) in [5.41, 5.74) is 0. The summed E-state index contributed by atoms with van der Waals surface area (Å²) in [5, 5.41) is 0. The van der Waals surface area contributed by atoms with Crippen molar-refractivity contribution in [3.05, 3.63) is 0 Å². The molecule has 0 spiro atoms. The Bertz CT molecular complexity index is 6.00. The monoisotopic (exact) mass is 157 g/mol. The van der Waals surface area contributed by atoms with E-state index in [1.54, 1.807) is 0 Å². The summed E-state index contributed by atoms with van der Waals surface area (Å²) < 4.78 is 0. The molecule has 0 atom stereocenters. The van der Waals surface area contributed by atoms with E-state index in [2.05, 4.69) is 0 Å². The summed E-state index contributed by atoms with van der Waals surface area (Å²) in [6, 6.07) is 0. The Kier molecular flexibility index (Phi) is 164. The summed E-state index contributed by atoms with van der Waals surface area (Å²) in [4.78, 5) is 0. The first-order chi connectivity index (χ1) is 0. The smallest absolute Gasteiger partial charge is 1.00 e. The molecule has 0 aliphatic carbocycles. The van der Waals surface area contributed by atoms with Crippen molar-refractivity contribution in [3.8, 4) is 0 Å². The quantitative estimate of drug-likeness (QED) is 0.308. The Morgan fingerprint density at radius 1 is 0.750 bits per heavy atom. The summed E-state index contributed by atoms with van der Waals surface area (Å²) >= 11 is 0. The predicted molar refractivity (Wildman–Crippen MR) is 0 cm³/mol. The molecule has 0 aromatic rings. The average molecular weight is 159 g/mol. The van der Waals surface area contributed by atoms with Gasteiger partial charge in [0.2, 0.25) is 0 Å². The van der Waals surface area contributed by atoms with Crippen molar-refractivity contribution in [3.63, 3.8) is 0 Å². The zero-order valence-corrected chi connectivity index (χ0v) is 8.94. The SMILES string of the molecule is [Cl-].[Cl-].[Na+].[Zn+2]. The molecule has 0 rings (SSSR count). The fourth-order valence-electron chi connectivity index (χ4n) is 0. The van der Waals surface area contributed by atoms with E-state index in [4.69, 9.17) is 0 Å². The first kappa shape index (κ1) is 34.6. The third kappa shape index (κ3) is 8.88. The Balaban J connectivity index is 0. The summed E-state index contributed by atoms with van der Waals surface area (Å²) in [6.45, 7) is 0. The van der Waals surface area contributed by atoms with Gasteiger partial charge in [0.05, 0.1) is 0 Å². The molecule has 0 radical (unpaired) electrons. The first-order valence-corrected chi connectivity index (χ1v) is 0. The zero-order valence-electron chi connectivity index (χ0n) is 2.46. The Morgan fingerprint density at radius 2 is 0.750 bits per heavy atom. The molecule has 0 bridgehead atoms. The van der Waals surface area contributed by atoms with E-state index >= 15 is 0 Å². The fourth-order valence-corrected chi connectivity index (χ4v) is 0. The van der Waals surface area contributed by atoms with E-state index in [0.29, 0.717) is 0 Å². The second-order valence-corrected chi connectivity index (χ2v) is 0. The van der Waals surface area contributed by atoms with Crippen molar-refractivity contribution in [2.75, 3.05) is 0 Å². The van der Waals surface area contributed by atoms with E-state index < -0.39 is 0 Å². The van der Waals surface area contributed by atoms with E-state index in [1.807, 2.05) is 0 Å². The van der Waals surface area contributed by atoms with Crippen molar-refractivity contribution >= 4 is 0 Å². The maximum absolute atomic E-state index is 0. The average Bonchev–Trinajstić information content (AvgIpc) is 0. The molecule has 0 aliphatic heterocycles. The van der Waals surface area contributed by atoms with Crippen LogP contribution in [0.1, 0.15) is 0 Å². The van der Waals surface area contributed by atoms with Crippen LogP contribution in [0.5, 0.6) is 0 Å². The minimum Gasteiger partial charge on any atom is -1.00 e. The summed E-state index contributed by atoms with van der Waals surface area (Å²) in [7, 11) is 0. The molecule has 0 nitrogen and oxygen atoms in total. The van der Waals surface area contributed by atoms with Gasteiger partial charge in [0.25, 0.3) is 0 Å². The number of hydrogen-bond acceptors (Lipinski definition) is 0. The van der Waals surface area contributed by atoms with Gasteiger partial charge in [-0.3, -0.25) is 0 Å². The third-order valence-electron chi connectivity index (χ3n) is 0. The molecular formula is Cl2NaZn+. The molecule has 0 fully saturated rings. The van der Waals surface area contributed by atoms with E-state index in [-0.39, 0.29) is 73.8 Å². The van der Waals surface area contributed by atoms with Gasteiger partial charge in [-0.05, 0) is 0 Å². The maximum atomic E-state index is 0. The molecule has 0 aromatic carbocycles. The van der Waals surface area contributed by atoms with Gasteiger partial charge < -0.3 is 24.8 Å². The standard InChI is InChI=1S/2ClH.Na.Zn/h2*1H;;/q;;+1;+2/p-2. The zero-order chi connectivity index (χ0) is 0. The molecule has 0 aromatic heterocycles. The predicted octanol–water partition coefficient (Wildman–Crippen LogP) is -8.99. The van der Waals surface area contributed by atoms with Gasteiger partial charge >= 0.3 is 49.0 Å². The van der Waals surface area contributed by atoms with Gasteiger partial charge in [0.15, 0.2) is 0 Å². The molecule has 16 valence electrons. The summed E-state index contributed by atoms with van der Waals surface area (Å²) in [5.74, 6) is 0. The van der Waals surface area contributed by atoms with Gasteiger partial charge in [-0.1, -0.05) is 0 Å². The molecule has 0 saturated carbocycles. The van der Waals surface area contributed by atoms with Crippen LogP contribution in [-0.4, -0.2) is 0 Å². The van der Waals surface area contributed by atoms with E-state index in [1.165, 1.54) is 0 Å². The van der Waals surface area contributed by atoms with Crippen LogP contribution in [0.2, 0.25) is 0 Å². The minimum atomic E-state index is 0. The van der Waals surface area contributed by atoms with Crippen LogP contribution in [-0.2, 0) is 19.5 Å². The van der Waals surface area contributed by atoms with Gasteiger partial charge in [-0.25, -0.2) is 0 Å². The van der Waals surface area contributed by atoms with Gasteiger partial charge in [0.1, 0.15) is 0 Å². The van der Waals surface area contributed by atoms with Crippen LogP contribution >= 0.6 is 0 Å². The van der Waals surface area contributed by atoms with E-state index in [9.17, 15) is 0 Å². The van der Waals surface area contributed by atoms with Crippen molar-refractivity contribution in [1.29, 1.82) is 0 Å². The molecule has 0 saturated heterocycles. The Hall–Kier alpha value is 2.20. The summed E-state index contributed by atoms with van der Waals surface area (Å²) in [6.07, 6.45) is 0. The maximum Gasteiger partial charge on any atom is 2.00 e. The topological polar surface area (TPSA) is 0 Å². The van der Waals surface area contributed by atoms with Gasteiger partial charge in [-0.15, -0.1) is 0 Å². The van der Waals surface area contributed by atoms with Crippen LogP contribution in [0.15, 0.2) is 0 Å². The number of hydrogen-bond donors (Lipinski definition) is 0. The molecule has 4 heavy (non-hydrogen) atoms. The Labute approximate surface area is 73.0 Å². The Morgan fingerprint density at radius 3 is 0.750 bits per heavy atom. The fraction of sp³-hybridized carbons (Fsp3) is 0. The largest absolute Gasteiger partial charge is 2.00 e. The first-order valence-electron chi connectivity index (χ1n) is 0. The van der Waals surface area contributed by atoms with Crippen molar-refractivity contribution in [1.82, 2.24) is 0 Å². The van der Waals surface area contributed by atoms with Crippen molar-refractivity contribution < 1.29 is 73.8 Å². The van der Waals surface area contributed by atoms with Crippen LogP contribution in [0, 0.1) is 0 Å². The third-order valence-corrected chi connectivity index (χ3v) is 0. The van der Waals surface area contributed by atoms with Crippen LogP contribution in [0.3, 0.4) is 0 Å². The molecule has 0 unspecified atom stereocenters. The van der Waals surface area contributed by atoms with Crippen LogP contribution < -0.4 is 54.4 Å². The molecule has 0 amide bonds. The van der Waals surface area contributed by atoms with Crippen molar-refractivity contribution in [2.45, 2.75) is 0 Å². The second kappa shape index (κ2) is 18.9.